The molecule has 0 aromatic heterocycles. The molecule has 188 valence electrons. The lowest BCUT2D eigenvalue weighted by Gasteiger charge is -2.28. The maximum atomic E-state index is 11.9. The van der Waals surface area contributed by atoms with Crippen LogP contribution < -0.4 is 0 Å². The predicted octanol–water partition coefficient (Wildman–Crippen LogP) is 5.49. The van der Waals surface area contributed by atoms with Crippen molar-refractivity contribution in [3.63, 3.8) is 0 Å². The van der Waals surface area contributed by atoms with Crippen molar-refractivity contribution in [2.45, 2.75) is 110 Å². The van der Waals surface area contributed by atoms with E-state index in [1.165, 1.54) is 77.0 Å². The maximum absolute atomic E-state index is 11.9. The molecule has 0 saturated carbocycles. The van der Waals surface area contributed by atoms with Gasteiger partial charge in [0.15, 0.2) is 0 Å². The lowest BCUT2D eigenvalue weighted by Crippen LogP contribution is -2.41. The van der Waals surface area contributed by atoms with Gasteiger partial charge in [0, 0.05) is 12.5 Å². The molecule has 6 heteroatoms. The summed E-state index contributed by atoms with van der Waals surface area (Å²) in [5.74, 6) is -1.01. The van der Waals surface area contributed by atoms with E-state index >= 15 is 0 Å². The first kappa shape index (κ1) is 30.6. The van der Waals surface area contributed by atoms with Crippen LogP contribution in [0.2, 0.25) is 0 Å². The standard InChI is InChI=1S/C26H48O6/c1-3-5-6-7-8-9-10-11-12-13-14-15-16-17-18-19-25(30)32-23-26(20-27,21-28)22-31-24(29)4-2/h4,27-28H,2-3,5-23H2,1H3. The molecule has 0 rings (SSSR count). The van der Waals surface area contributed by atoms with E-state index in [0.29, 0.717) is 6.42 Å². The van der Waals surface area contributed by atoms with Crippen LogP contribution in [-0.4, -0.2) is 48.6 Å². The highest BCUT2D eigenvalue weighted by Gasteiger charge is 2.32. The monoisotopic (exact) mass is 456 g/mol. The summed E-state index contributed by atoms with van der Waals surface area (Å²) < 4.78 is 10.1. The van der Waals surface area contributed by atoms with E-state index in [0.717, 1.165) is 25.3 Å². The molecule has 32 heavy (non-hydrogen) atoms. The van der Waals surface area contributed by atoms with Gasteiger partial charge in [-0.25, -0.2) is 4.79 Å². The van der Waals surface area contributed by atoms with Crippen LogP contribution >= 0.6 is 0 Å². The molecule has 2 N–H and O–H groups in total. The zero-order valence-electron chi connectivity index (χ0n) is 20.5. The first-order valence-electron chi connectivity index (χ1n) is 12.7. The molecule has 0 unspecified atom stereocenters. The molecule has 0 aromatic rings. The zero-order valence-corrected chi connectivity index (χ0v) is 20.5. The summed E-state index contributed by atoms with van der Waals surface area (Å²) >= 11 is 0. The lowest BCUT2D eigenvalue weighted by molar-refractivity contribution is -0.156. The molecule has 0 saturated heterocycles. The number of hydrogen-bond acceptors (Lipinski definition) is 6. The topological polar surface area (TPSA) is 93.1 Å². The Morgan fingerprint density at radius 1 is 0.719 bits per heavy atom. The fourth-order valence-electron chi connectivity index (χ4n) is 3.50. The van der Waals surface area contributed by atoms with Gasteiger partial charge in [-0.15, -0.1) is 0 Å². The first-order chi connectivity index (χ1) is 15.5. The van der Waals surface area contributed by atoms with Crippen LogP contribution in [0, 0.1) is 5.41 Å². The molecular formula is C26H48O6. The Morgan fingerprint density at radius 2 is 1.12 bits per heavy atom. The van der Waals surface area contributed by atoms with E-state index in [2.05, 4.69) is 13.5 Å². The highest BCUT2D eigenvalue weighted by molar-refractivity contribution is 5.81. The van der Waals surface area contributed by atoms with Crippen LogP contribution in [0.15, 0.2) is 12.7 Å². The molecule has 0 aromatic carbocycles. The average Bonchev–Trinajstić information content (AvgIpc) is 2.81. The number of aliphatic hydroxyl groups is 2. The van der Waals surface area contributed by atoms with Crippen LogP contribution in [0.1, 0.15) is 110 Å². The second-order valence-corrected chi connectivity index (χ2v) is 8.99. The SMILES string of the molecule is C=CC(=O)OCC(CO)(CO)COC(=O)CCCCCCCCCCCCCCCCC. The Balaban J connectivity index is 3.62. The molecule has 0 heterocycles. The summed E-state index contributed by atoms with van der Waals surface area (Å²) in [5, 5.41) is 19.0. The number of carbonyl (C=O) groups is 2. The molecule has 0 spiro atoms. The summed E-state index contributed by atoms with van der Waals surface area (Å²) in [6, 6.07) is 0. The van der Waals surface area contributed by atoms with Gasteiger partial charge in [0.25, 0.3) is 0 Å². The van der Waals surface area contributed by atoms with Gasteiger partial charge >= 0.3 is 11.9 Å². The summed E-state index contributed by atoms with van der Waals surface area (Å²) in [6.45, 7) is 4.20. The van der Waals surface area contributed by atoms with Gasteiger partial charge in [0.1, 0.15) is 13.2 Å². The molecule has 0 aliphatic heterocycles. The van der Waals surface area contributed by atoms with Gasteiger partial charge in [-0.1, -0.05) is 103 Å². The second-order valence-electron chi connectivity index (χ2n) is 8.99. The predicted molar refractivity (Wildman–Crippen MR) is 128 cm³/mol. The summed E-state index contributed by atoms with van der Waals surface area (Å²) in [7, 11) is 0. The molecule has 0 fully saturated rings. The van der Waals surface area contributed by atoms with Gasteiger partial charge in [0.2, 0.25) is 0 Å². The molecule has 0 amide bonds. The van der Waals surface area contributed by atoms with Crippen LogP contribution in [0.4, 0.5) is 0 Å². The highest BCUT2D eigenvalue weighted by atomic mass is 16.5. The van der Waals surface area contributed by atoms with Crippen molar-refractivity contribution in [2.24, 2.45) is 5.41 Å². The molecule has 6 nitrogen and oxygen atoms in total. The fourth-order valence-corrected chi connectivity index (χ4v) is 3.50. The summed E-state index contributed by atoms with van der Waals surface area (Å²) in [6.07, 6.45) is 20.3. The van der Waals surface area contributed by atoms with E-state index < -0.39 is 24.6 Å². The van der Waals surface area contributed by atoms with E-state index in [-0.39, 0.29) is 19.2 Å². The summed E-state index contributed by atoms with van der Waals surface area (Å²) in [5.41, 5.74) is -1.19. The summed E-state index contributed by atoms with van der Waals surface area (Å²) in [4.78, 5) is 23.1. The van der Waals surface area contributed by atoms with E-state index in [4.69, 9.17) is 9.47 Å². The van der Waals surface area contributed by atoms with Gasteiger partial charge < -0.3 is 19.7 Å². The van der Waals surface area contributed by atoms with Crippen molar-refractivity contribution >= 4 is 11.9 Å². The third-order valence-corrected chi connectivity index (χ3v) is 5.88. The smallest absolute Gasteiger partial charge is 0.330 e. The van der Waals surface area contributed by atoms with Crippen molar-refractivity contribution in [2.75, 3.05) is 26.4 Å². The fraction of sp³-hybridized carbons (Fsp3) is 0.846. The van der Waals surface area contributed by atoms with Crippen LogP contribution in [0.5, 0.6) is 0 Å². The molecule has 0 aliphatic carbocycles. The number of ether oxygens (including phenoxy) is 2. The van der Waals surface area contributed by atoms with Gasteiger partial charge in [-0.2, -0.15) is 0 Å². The number of unbranched alkanes of at least 4 members (excludes halogenated alkanes) is 14. The Labute approximate surface area is 195 Å². The van der Waals surface area contributed by atoms with Crippen LogP contribution in [-0.2, 0) is 19.1 Å². The zero-order chi connectivity index (χ0) is 23.9. The Bertz CT molecular complexity index is 473. The second kappa shape index (κ2) is 21.4. The molecule has 0 aliphatic rings. The van der Waals surface area contributed by atoms with E-state index in [1.807, 2.05) is 0 Å². The largest absolute Gasteiger partial charge is 0.465 e. The lowest BCUT2D eigenvalue weighted by atomic mass is 9.92. The van der Waals surface area contributed by atoms with Gasteiger partial charge in [-0.05, 0) is 6.42 Å². The Morgan fingerprint density at radius 3 is 1.53 bits per heavy atom. The Kier molecular flexibility index (Phi) is 20.5. The minimum atomic E-state index is -1.19. The highest BCUT2D eigenvalue weighted by Crippen LogP contribution is 2.18. The van der Waals surface area contributed by atoms with Crippen LogP contribution in [0.25, 0.3) is 0 Å². The quantitative estimate of drug-likeness (QED) is 0.120. The van der Waals surface area contributed by atoms with E-state index in [1.54, 1.807) is 0 Å². The Hall–Kier alpha value is -1.40. The van der Waals surface area contributed by atoms with Gasteiger partial charge in [0.05, 0.1) is 18.6 Å². The van der Waals surface area contributed by atoms with Crippen molar-refractivity contribution in [1.29, 1.82) is 0 Å². The number of esters is 2. The van der Waals surface area contributed by atoms with Crippen molar-refractivity contribution in [3.8, 4) is 0 Å². The first-order valence-corrected chi connectivity index (χ1v) is 12.7. The minimum Gasteiger partial charge on any atom is -0.465 e. The number of rotatable bonds is 23. The number of aliphatic hydroxyl groups excluding tert-OH is 2. The molecule has 0 radical (unpaired) electrons. The van der Waals surface area contributed by atoms with Crippen molar-refractivity contribution in [1.82, 2.24) is 0 Å². The third-order valence-electron chi connectivity index (χ3n) is 5.88. The van der Waals surface area contributed by atoms with Crippen LogP contribution in [0.3, 0.4) is 0 Å². The normalized spacial score (nSPS) is 11.3. The van der Waals surface area contributed by atoms with E-state index in [9.17, 15) is 19.8 Å². The molecular weight excluding hydrogens is 408 g/mol. The van der Waals surface area contributed by atoms with Gasteiger partial charge in [-0.3, -0.25) is 4.79 Å². The third kappa shape index (κ3) is 17.2. The van der Waals surface area contributed by atoms with Crippen molar-refractivity contribution < 1.29 is 29.3 Å². The number of carbonyl (C=O) groups excluding carboxylic acids is 2. The number of hydrogen-bond donors (Lipinski definition) is 2. The van der Waals surface area contributed by atoms with Crippen molar-refractivity contribution in [3.05, 3.63) is 12.7 Å². The molecule has 0 atom stereocenters. The maximum Gasteiger partial charge on any atom is 0.330 e. The minimum absolute atomic E-state index is 0.192. The molecule has 0 bridgehead atoms. The average molecular weight is 457 g/mol.